The largest absolute Gasteiger partial charge is 0.389 e. The maximum Gasteiger partial charge on any atom is 0.0897 e. The number of aliphatic hydroxyl groups is 1. The van der Waals surface area contributed by atoms with Crippen LogP contribution < -0.4 is 5.32 Å². The van der Waals surface area contributed by atoms with E-state index in [1.165, 1.54) is 6.42 Å². The van der Waals surface area contributed by atoms with Crippen molar-refractivity contribution in [1.29, 1.82) is 0 Å². The highest BCUT2D eigenvalue weighted by atomic mass is 16.5. The number of ether oxygens (including phenoxy) is 1. The molecule has 0 spiro atoms. The maximum absolute atomic E-state index is 9.84. The second-order valence-corrected chi connectivity index (χ2v) is 6.58. The van der Waals surface area contributed by atoms with Gasteiger partial charge in [-0.25, -0.2) is 0 Å². The van der Waals surface area contributed by atoms with E-state index in [9.17, 15) is 5.11 Å². The minimum atomic E-state index is -0.378. The number of nitrogens with one attached hydrogen (secondary N) is 1. The summed E-state index contributed by atoms with van der Waals surface area (Å²) in [7, 11) is 0. The van der Waals surface area contributed by atoms with Crippen molar-refractivity contribution < 1.29 is 9.84 Å². The van der Waals surface area contributed by atoms with Crippen molar-refractivity contribution in [3.8, 4) is 0 Å². The fourth-order valence-electron chi connectivity index (χ4n) is 2.85. The predicted molar refractivity (Wildman–Crippen MR) is 75.6 cm³/mol. The van der Waals surface area contributed by atoms with Crippen LogP contribution in [0.3, 0.4) is 0 Å². The van der Waals surface area contributed by atoms with E-state index in [2.05, 4.69) is 33.0 Å². The maximum atomic E-state index is 9.84. The van der Waals surface area contributed by atoms with Gasteiger partial charge in [-0.15, -0.1) is 0 Å². The molecule has 1 aliphatic carbocycles. The first-order valence-corrected chi connectivity index (χ1v) is 7.47. The Bertz CT molecular complexity index is 211. The van der Waals surface area contributed by atoms with Gasteiger partial charge in [0.25, 0.3) is 0 Å². The zero-order valence-electron chi connectivity index (χ0n) is 12.5. The van der Waals surface area contributed by atoms with Crippen molar-refractivity contribution >= 4 is 0 Å². The molecule has 0 radical (unpaired) electrons. The van der Waals surface area contributed by atoms with Crippen LogP contribution in [-0.4, -0.2) is 37.0 Å². The second kappa shape index (κ2) is 8.13. The van der Waals surface area contributed by atoms with Gasteiger partial charge in [-0.3, -0.25) is 0 Å². The zero-order valence-corrected chi connectivity index (χ0v) is 12.5. The molecule has 0 saturated heterocycles. The molecule has 1 rings (SSSR count). The van der Waals surface area contributed by atoms with E-state index in [0.29, 0.717) is 25.2 Å². The van der Waals surface area contributed by atoms with Crippen LogP contribution in [0.5, 0.6) is 0 Å². The first-order chi connectivity index (χ1) is 8.47. The highest BCUT2D eigenvalue weighted by molar-refractivity contribution is 4.75. The van der Waals surface area contributed by atoms with E-state index in [4.69, 9.17) is 4.74 Å². The lowest BCUT2D eigenvalue weighted by atomic mass is 9.82. The molecule has 0 amide bonds. The topological polar surface area (TPSA) is 41.5 Å². The van der Waals surface area contributed by atoms with Crippen molar-refractivity contribution in [2.24, 2.45) is 17.8 Å². The summed E-state index contributed by atoms with van der Waals surface area (Å²) in [6, 6.07) is 0. The summed E-state index contributed by atoms with van der Waals surface area (Å²) < 4.78 is 5.85. The predicted octanol–water partition coefficient (Wildman–Crippen LogP) is 2.43. The molecule has 108 valence electrons. The second-order valence-electron chi connectivity index (χ2n) is 6.58. The van der Waals surface area contributed by atoms with Crippen LogP contribution in [0.4, 0.5) is 0 Å². The summed E-state index contributed by atoms with van der Waals surface area (Å²) in [6.07, 6.45) is 3.59. The first-order valence-electron chi connectivity index (χ1n) is 7.47. The van der Waals surface area contributed by atoms with E-state index in [0.717, 1.165) is 31.2 Å². The molecule has 3 atom stereocenters. The van der Waals surface area contributed by atoms with Crippen LogP contribution in [0.15, 0.2) is 0 Å². The lowest BCUT2D eigenvalue weighted by molar-refractivity contribution is -0.0397. The quantitative estimate of drug-likeness (QED) is 0.736. The van der Waals surface area contributed by atoms with Crippen LogP contribution in [0.25, 0.3) is 0 Å². The van der Waals surface area contributed by atoms with E-state index in [-0.39, 0.29) is 6.10 Å². The Morgan fingerprint density at radius 3 is 2.28 bits per heavy atom. The molecule has 1 aliphatic rings. The van der Waals surface area contributed by atoms with Gasteiger partial charge in [-0.05, 0) is 43.6 Å². The van der Waals surface area contributed by atoms with Crippen LogP contribution in [0.1, 0.15) is 47.0 Å². The molecule has 3 unspecified atom stereocenters. The smallest absolute Gasteiger partial charge is 0.0897 e. The van der Waals surface area contributed by atoms with Gasteiger partial charge >= 0.3 is 0 Å². The molecule has 3 heteroatoms. The van der Waals surface area contributed by atoms with Gasteiger partial charge in [0.1, 0.15) is 0 Å². The Kier molecular flexibility index (Phi) is 7.20. The molecule has 2 N–H and O–H groups in total. The van der Waals surface area contributed by atoms with Crippen LogP contribution >= 0.6 is 0 Å². The number of hydrogen-bond donors (Lipinski definition) is 2. The van der Waals surface area contributed by atoms with Gasteiger partial charge in [-0.1, -0.05) is 27.7 Å². The molecule has 0 heterocycles. The Balaban J connectivity index is 2.11. The van der Waals surface area contributed by atoms with Crippen molar-refractivity contribution in [3.05, 3.63) is 0 Å². The van der Waals surface area contributed by atoms with Crippen LogP contribution in [-0.2, 0) is 4.74 Å². The van der Waals surface area contributed by atoms with Crippen molar-refractivity contribution in [2.75, 3.05) is 19.7 Å². The molecule has 0 aromatic heterocycles. The third-order valence-corrected chi connectivity index (χ3v) is 3.59. The van der Waals surface area contributed by atoms with E-state index < -0.39 is 0 Å². The molecule has 18 heavy (non-hydrogen) atoms. The number of hydrogen-bond acceptors (Lipinski definition) is 3. The summed E-state index contributed by atoms with van der Waals surface area (Å²) in [4.78, 5) is 0. The summed E-state index contributed by atoms with van der Waals surface area (Å²) in [5.41, 5.74) is 0. The van der Waals surface area contributed by atoms with Crippen molar-refractivity contribution in [2.45, 2.75) is 59.2 Å². The van der Waals surface area contributed by atoms with Gasteiger partial charge in [0.05, 0.1) is 18.8 Å². The fraction of sp³-hybridized carbons (Fsp3) is 1.00. The van der Waals surface area contributed by atoms with Crippen LogP contribution in [0, 0.1) is 17.8 Å². The minimum Gasteiger partial charge on any atom is -0.389 e. The third-order valence-electron chi connectivity index (χ3n) is 3.59. The van der Waals surface area contributed by atoms with Crippen LogP contribution in [0.2, 0.25) is 0 Å². The first kappa shape index (κ1) is 15.9. The normalized spacial score (nSPS) is 30.7. The fourth-order valence-corrected chi connectivity index (χ4v) is 2.85. The lowest BCUT2D eigenvalue weighted by Gasteiger charge is -2.31. The van der Waals surface area contributed by atoms with E-state index in [1.807, 2.05) is 0 Å². The molecule has 1 saturated carbocycles. The summed E-state index contributed by atoms with van der Waals surface area (Å²) >= 11 is 0. The summed E-state index contributed by atoms with van der Waals surface area (Å²) in [6.45, 7) is 11.0. The average molecular weight is 257 g/mol. The van der Waals surface area contributed by atoms with E-state index >= 15 is 0 Å². The van der Waals surface area contributed by atoms with E-state index in [1.54, 1.807) is 0 Å². The minimum absolute atomic E-state index is 0.350. The molecule has 0 aromatic carbocycles. The summed E-state index contributed by atoms with van der Waals surface area (Å²) in [5, 5.41) is 13.1. The zero-order chi connectivity index (χ0) is 13.5. The number of aliphatic hydroxyl groups excluding tert-OH is 1. The SMILES string of the molecule is CC(C)CNCC(O)COC1CC(C)CC(C)C1. The van der Waals surface area contributed by atoms with Gasteiger partial charge in [0.15, 0.2) is 0 Å². The Hall–Kier alpha value is -0.120. The third kappa shape index (κ3) is 6.72. The standard InChI is InChI=1S/C15H31NO2/c1-11(2)8-16-9-14(17)10-18-15-6-12(3)5-13(4)7-15/h11-17H,5-10H2,1-4H3. The Morgan fingerprint density at radius 2 is 1.72 bits per heavy atom. The number of rotatable bonds is 7. The molecular formula is C15H31NO2. The molecule has 0 aliphatic heterocycles. The highest BCUT2D eigenvalue weighted by Gasteiger charge is 2.24. The van der Waals surface area contributed by atoms with Gasteiger partial charge < -0.3 is 15.2 Å². The van der Waals surface area contributed by atoms with Gasteiger partial charge in [-0.2, -0.15) is 0 Å². The molecule has 0 aromatic rings. The van der Waals surface area contributed by atoms with Gasteiger partial charge in [0.2, 0.25) is 0 Å². The Labute approximate surface area is 112 Å². The molecule has 0 bridgehead atoms. The average Bonchev–Trinajstić information content (AvgIpc) is 2.24. The van der Waals surface area contributed by atoms with Crippen molar-refractivity contribution in [1.82, 2.24) is 5.32 Å². The summed E-state index contributed by atoms with van der Waals surface area (Å²) in [5.74, 6) is 2.14. The monoisotopic (exact) mass is 257 g/mol. The Morgan fingerprint density at radius 1 is 1.11 bits per heavy atom. The van der Waals surface area contributed by atoms with Crippen molar-refractivity contribution in [3.63, 3.8) is 0 Å². The highest BCUT2D eigenvalue weighted by Crippen LogP contribution is 2.30. The molecule has 3 nitrogen and oxygen atoms in total. The van der Waals surface area contributed by atoms with Gasteiger partial charge in [0, 0.05) is 6.54 Å². The molecule has 1 fully saturated rings. The molecular weight excluding hydrogens is 226 g/mol. The lowest BCUT2D eigenvalue weighted by Crippen LogP contribution is -2.35.